The van der Waals surface area contributed by atoms with Crippen LogP contribution in [0.4, 0.5) is 4.39 Å². The summed E-state index contributed by atoms with van der Waals surface area (Å²) < 4.78 is 20.7. The molecule has 150 valence electrons. The van der Waals surface area contributed by atoms with Gasteiger partial charge in [-0.1, -0.05) is 0 Å². The number of hydrogen-bond acceptors (Lipinski definition) is 4. The van der Waals surface area contributed by atoms with Crippen molar-refractivity contribution in [3.05, 3.63) is 66.5 Å². The molecule has 0 bridgehead atoms. The highest BCUT2D eigenvalue weighted by Gasteiger charge is 2.26. The number of imidazole rings is 1. The van der Waals surface area contributed by atoms with Gasteiger partial charge in [0.05, 0.1) is 0 Å². The Labute approximate surface area is 169 Å². The van der Waals surface area contributed by atoms with Crippen molar-refractivity contribution in [3.8, 4) is 17.1 Å². The minimum Gasteiger partial charge on any atom is -0.484 e. The summed E-state index contributed by atoms with van der Waals surface area (Å²) in [5, 5.41) is 0. The van der Waals surface area contributed by atoms with Gasteiger partial charge in [0.2, 0.25) is 0 Å². The van der Waals surface area contributed by atoms with E-state index in [1.165, 1.54) is 24.3 Å². The fourth-order valence-electron chi connectivity index (χ4n) is 3.76. The highest BCUT2D eigenvalue weighted by molar-refractivity contribution is 5.77. The van der Waals surface area contributed by atoms with Crippen molar-refractivity contribution in [2.24, 2.45) is 0 Å². The van der Waals surface area contributed by atoms with Crippen LogP contribution in [0, 0.1) is 12.7 Å². The number of nitrogens with zero attached hydrogens (tertiary/aromatic N) is 4. The summed E-state index contributed by atoms with van der Waals surface area (Å²) in [4.78, 5) is 23.0. The van der Waals surface area contributed by atoms with Crippen molar-refractivity contribution in [2.75, 3.05) is 19.7 Å². The molecule has 0 atom stereocenters. The smallest absolute Gasteiger partial charge is 0.260 e. The van der Waals surface area contributed by atoms with E-state index in [0.29, 0.717) is 24.9 Å². The van der Waals surface area contributed by atoms with Gasteiger partial charge in [0.1, 0.15) is 17.4 Å². The van der Waals surface area contributed by atoms with Crippen LogP contribution in [0.3, 0.4) is 0 Å². The number of likely N-dealkylation sites (tertiary alicyclic amines) is 1. The maximum atomic E-state index is 13.0. The Bertz CT molecular complexity index is 964. The summed E-state index contributed by atoms with van der Waals surface area (Å²) in [5.74, 6) is 1.05. The van der Waals surface area contributed by atoms with E-state index in [4.69, 9.17) is 4.74 Å². The molecule has 1 aromatic carbocycles. The molecule has 0 radical (unpaired) electrons. The Balaban J connectivity index is 1.37. The largest absolute Gasteiger partial charge is 0.484 e. The number of ether oxygens (including phenoxy) is 1. The Hall–Kier alpha value is -3.22. The third-order valence-electron chi connectivity index (χ3n) is 5.28. The van der Waals surface area contributed by atoms with Gasteiger partial charge in [-0.25, -0.2) is 9.37 Å². The van der Waals surface area contributed by atoms with Gasteiger partial charge in [0.15, 0.2) is 6.61 Å². The van der Waals surface area contributed by atoms with Crippen molar-refractivity contribution in [1.82, 2.24) is 19.4 Å². The highest BCUT2D eigenvalue weighted by atomic mass is 19.1. The zero-order chi connectivity index (χ0) is 20.2. The Morgan fingerprint density at radius 3 is 2.52 bits per heavy atom. The standard InChI is InChI=1S/C22H23FN4O2/c1-16-14-25-22(17-6-10-24-11-7-17)27(16)19-8-12-26(13-9-19)21(28)15-29-20-4-2-18(23)3-5-20/h2-7,10-11,14,19H,8-9,12-13,15H2,1H3. The van der Waals surface area contributed by atoms with Crippen LogP contribution in [0.15, 0.2) is 55.0 Å². The van der Waals surface area contributed by atoms with Crippen molar-refractivity contribution < 1.29 is 13.9 Å². The fraction of sp³-hybridized carbons (Fsp3) is 0.318. The predicted molar refractivity (Wildman–Crippen MR) is 107 cm³/mol. The number of pyridine rings is 1. The lowest BCUT2D eigenvalue weighted by atomic mass is 10.0. The monoisotopic (exact) mass is 394 g/mol. The van der Waals surface area contributed by atoms with E-state index in [1.807, 2.05) is 23.2 Å². The summed E-state index contributed by atoms with van der Waals surface area (Å²) in [7, 11) is 0. The summed E-state index contributed by atoms with van der Waals surface area (Å²) in [6, 6.07) is 9.91. The summed E-state index contributed by atoms with van der Waals surface area (Å²) in [6.07, 6.45) is 7.15. The molecule has 3 aromatic rings. The number of carbonyl (C=O) groups excluding carboxylic acids is 1. The second-order valence-electron chi connectivity index (χ2n) is 7.18. The van der Waals surface area contributed by atoms with E-state index in [0.717, 1.165) is 29.9 Å². The van der Waals surface area contributed by atoms with Crippen molar-refractivity contribution in [1.29, 1.82) is 0 Å². The molecule has 1 amide bonds. The Morgan fingerprint density at radius 1 is 1.14 bits per heavy atom. The van der Waals surface area contributed by atoms with Gasteiger partial charge in [-0.15, -0.1) is 0 Å². The minimum atomic E-state index is -0.327. The van der Waals surface area contributed by atoms with Gasteiger partial charge >= 0.3 is 0 Å². The predicted octanol–water partition coefficient (Wildman–Crippen LogP) is 3.64. The Morgan fingerprint density at radius 2 is 1.83 bits per heavy atom. The molecule has 7 heteroatoms. The van der Waals surface area contributed by atoms with Crippen LogP contribution in [0.5, 0.6) is 5.75 Å². The van der Waals surface area contributed by atoms with Crippen LogP contribution in [0.2, 0.25) is 0 Å². The maximum absolute atomic E-state index is 13.0. The molecule has 0 saturated carbocycles. The van der Waals surface area contributed by atoms with E-state index in [2.05, 4.69) is 21.5 Å². The minimum absolute atomic E-state index is 0.0390. The van der Waals surface area contributed by atoms with Gasteiger partial charge in [-0.3, -0.25) is 9.78 Å². The average Bonchev–Trinajstić information content (AvgIpc) is 3.15. The number of hydrogen-bond donors (Lipinski definition) is 0. The molecule has 1 saturated heterocycles. The normalized spacial score (nSPS) is 14.8. The molecular weight excluding hydrogens is 371 g/mol. The van der Waals surface area contributed by atoms with Gasteiger partial charge in [-0.05, 0) is 56.2 Å². The first-order valence-electron chi connectivity index (χ1n) is 9.72. The molecule has 1 aliphatic heterocycles. The molecule has 1 aliphatic rings. The second kappa shape index (κ2) is 8.43. The lowest BCUT2D eigenvalue weighted by molar-refractivity contribution is -0.134. The summed E-state index contributed by atoms with van der Waals surface area (Å²) in [6.45, 7) is 3.36. The summed E-state index contributed by atoms with van der Waals surface area (Å²) >= 11 is 0. The van der Waals surface area contributed by atoms with Crippen molar-refractivity contribution in [2.45, 2.75) is 25.8 Å². The first-order valence-corrected chi connectivity index (χ1v) is 9.72. The first-order chi connectivity index (χ1) is 14.1. The zero-order valence-electron chi connectivity index (χ0n) is 16.3. The first kappa shape index (κ1) is 19.1. The van der Waals surface area contributed by atoms with Crippen molar-refractivity contribution in [3.63, 3.8) is 0 Å². The van der Waals surface area contributed by atoms with Crippen LogP contribution >= 0.6 is 0 Å². The zero-order valence-corrected chi connectivity index (χ0v) is 16.3. The molecule has 2 aromatic heterocycles. The van der Waals surface area contributed by atoms with Crippen molar-refractivity contribution >= 4 is 5.91 Å². The molecule has 0 spiro atoms. The van der Waals surface area contributed by atoms with Gasteiger partial charge < -0.3 is 14.2 Å². The van der Waals surface area contributed by atoms with Crippen LogP contribution in [-0.2, 0) is 4.79 Å². The van der Waals surface area contributed by atoms with Gasteiger partial charge in [0, 0.05) is 49.0 Å². The van der Waals surface area contributed by atoms with E-state index in [1.54, 1.807) is 12.4 Å². The molecule has 29 heavy (non-hydrogen) atoms. The van der Waals surface area contributed by atoms with Crippen LogP contribution in [0.1, 0.15) is 24.6 Å². The quantitative estimate of drug-likeness (QED) is 0.663. The SMILES string of the molecule is Cc1cnc(-c2ccncc2)n1C1CCN(C(=O)COc2ccc(F)cc2)CC1. The van der Waals surface area contributed by atoms with E-state index in [9.17, 15) is 9.18 Å². The third-order valence-corrected chi connectivity index (χ3v) is 5.28. The van der Waals surface area contributed by atoms with Crippen LogP contribution < -0.4 is 4.74 Å². The fourth-order valence-corrected chi connectivity index (χ4v) is 3.76. The number of aryl methyl sites for hydroxylation is 1. The second-order valence-corrected chi connectivity index (χ2v) is 7.18. The molecule has 0 aliphatic carbocycles. The van der Waals surface area contributed by atoms with Crippen LogP contribution in [0.25, 0.3) is 11.4 Å². The molecule has 1 fully saturated rings. The number of carbonyl (C=O) groups is 1. The number of aromatic nitrogens is 3. The number of amides is 1. The van der Waals surface area contributed by atoms with E-state index in [-0.39, 0.29) is 18.3 Å². The lowest BCUT2D eigenvalue weighted by Gasteiger charge is -2.34. The topological polar surface area (TPSA) is 60.2 Å². The molecule has 4 rings (SSSR count). The number of rotatable bonds is 5. The third kappa shape index (κ3) is 4.29. The lowest BCUT2D eigenvalue weighted by Crippen LogP contribution is -2.41. The maximum Gasteiger partial charge on any atom is 0.260 e. The van der Waals surface area contributed by atoms with E-state index >= 15 is 0 Å². The molecular formula is C22H23FN4O2. The van der Waals surface area contributed by atoms with Crippen LogP contribution in [-0.4, -0.2) is 45.0 Å². The van der Waals surface area contributed by atoms with Gasteiger partial charge in [-0.2, -0.15) is 0 Å². The molecule has 6 nitrogen and oxygen atoms in total. The average molecular weight is 394 g/mol. The molecule has 0 N–H and O–H groups in total. The number of piperidine rings is 1. The number of benzene rings is 1. The van der Waals surface area contributed by atoms with Gasteiger partial charge in [0.25, 0.3) is 5.91 Å². The summed E-state index contributed by atoms with van der Waals surface area (Å²) in [5.41, 5.74) is 2.15. The Kier molecular flexibility index (Phi) is 5.55. The van der Waals surface area contributed by atoms with E-state index < -0.39 is 0 Å². The highest BCUT2D eigenvalue weighted by Crippen LogP contribution is 2.30. The molecule has 3 heterocycles. The number of halogens is 1. The molecule has 0 unspecified atom stereocenters.